The van der Waals surface area contributed by atoms with Crippen LogP contribution in [-0.2, 0) is 20.8 Å². The highest BCUT2D eigenvalue weighted by atomic mass is 32.2. The molecule has 2 aliphatic rings. The molecule has 5 nitrogen and oxygen atoms in total. The summed E-state index contributed by atoms with van der Waals surface area (Å²) in [6.45, 7) is 2.83. The molecular weight excluding hydrogens is 444 g/mol. The normalized spacial score (nSPS) is 18.7. The maximum Gasteiger partial charge on any atom is 0.224 e. The summed E-state index contributed by atoms with van der Waals surface area (Å²) in [4.78, 5) is 40.8. The number of nitrogens with zero attached hydrogens (tertiary/aromatic N) is 1. The van der Waals surface area contributed by atoms with Crippen molar-refractivity contribution in [1.29, 1.82) is 0 Å². The lowest BCUT2D eigenvalue weighted by atomic mass is 9.91. The molecule has 2 heterocycles. The van der Waals surface area contributed by atoms with Gasteiger partial charge in [0.25, 0.3) is 0 Å². The fraction of sp³-hybridized carbons (Fsp3) is 0.464. The second-order valence-electron chi connectivity index (χ2n) is 9.45. The van der Waals surface area contributed by atoms with Gasteiger partial charge in [-0.2, -0.15) is 0 Å². The van der Waals surface area contributed by atoms with Gasteiger partial charge < -0.3 is 10.2 Å². The number of rotatable bonds is 8. The summed E-state index contributed by atoms with van der Waals surface area (Å²) in [5.74, 6) is 0.362. The summed E-state index contributed by atoms with van der Waals surface area (Å²) < 4.78 is 0. The van der Waals surface area contributed by atoms with Crippen LogP contribution in [0.25, 0.3) is 0 Å². The van der Waals surface area contributed by atoms with Gasteiger partial charge in [-0.15, -0.1) is 11.8 Å². The molecule has 34 heavy (non-hydrogen) atoms. The molecule has 4 rings (SSSR count). The third-order valence-electron chi connectivity index (χ3n) is 7.05. The van der Waals surface area contributed by atoms with Crippen LogP contribution in [0.15, 0.2) is 47.4 Å². The summed E-state index contributed by atoms with van der Waals surface area (Å²) in [6.07, 6.45) is 7.31. The zero-order valence-corrected chi connectivity index (χ0v) is 21.0. The molecule has 2 aliphatic heterocycles. The van der Waals surface area contributed by atoms with E-state index >= 15 is 0 Å². The molecule has 1 N–H and O–H groups in total. The topological polar surface area (TPSA) is 66.5 Å². The molecular formula is C28H34N2O3S. The van der Waals surface area contributed by atoms with E-state index in [4.69, 9.17) is 0 Å². The van der Waals surface area contributed by atoms with Crippen molar-refractivity contribution < 1.29 is 14.4 Å². The minimum atomic E-state index is 0.0663. The number of nitrogens with one attached hydrogen (secondary N) is 1. The number of amides is 2. The monoisotopic (exact) mass is 478 g/mol. The molecule has 1 fully saturated rings. The first-order valence-corrected chi connectivity index (χ1v) is 13.6. The Morgan fingerprint density at radius 2 is 1.94 bits per heavy atom. The van der Waals surface area contributed by atoms with Crippen molar-refractivity contribution in [3.63, 3.8) is 0 Å². The highest BCUT2D eigenvalue weighted by Crippen LogP contribution is 2.37. The number of hydrogen-bond donors (Lipinski definition) is 1. The molecule has 6 heteroatoms. The van der Waals surface area contributed by atoms with Crippen LogP contribution < -0.4 is 5.32 Å². The average molecular weight is 479 g/mol. The number of carbonyl (C=O) groups excluding carboxylic acids is 3. The second kappa shape index (κ2) is 11.2. The Morgan fingerprint density at radius 1 is 1.12 bits per heavy atom. The zero-order valence-electron chi connectivity index (χ0n) is 20.1. The quantitative estimate of drug-likeness (QED) is 0.481. The van der Waals surface area contributed by atoms with Crippen molar-refractivity contribution >= 4 is 35.0 Å². The summed E-state index contributed by atoms with van der Waals surface area (Å²) in [7, 11) is 0. The maximum atomic E-state index is 13.0. The number of hydrogen-bond acceptors (Lipinski definition) is 4. The van der Waals surface area contributed by atoms with E-state index in [-0.39, 0.29) is 42.4 Å². The van der Waals surface area contributed by atoms with Crippen molar-refractivity contribution in [3.05, 3.63) is 59.2 Å². The molecule has 2 aromatic carbocycles. The van der Waals surface area contributed by atoms with Crippen LogP contribution in [0.3, 0.4) is 0 Å². The summed E-state index contributed by atoms with van der Waals surface area (Å²) in [5, 5.41) is 2.96. The Labute approximate surface area is 206 Å². The first-order chi connectivity index (χ1) is 16.5. The summed E-state index contributed by atoms with van der Waals surface area (Å²) in [6, 6.07) is 14.5. The van der Waals surface area contributed by atoms with Gasteiger partial charge in [0.05, 0.1) is 6.04 Å². The number of fused-ring (bicyclic) bond motifs is 1. The Hall–Kier alpha value is -2.60. The molecule has 2 atom stereocenters. The van der Waals surface area contributed by atoms with Crippen LogP contribution in [0, 0.1) is 0 Å². The second-order valence-corrected chi connectivity index (χ2v) is 10.3. The van der Waals surface area contributed by atoms with E-state index in [2.05, 4.69) is 36.7 Å². The molecule has 0 bridgehead atoms. The van der Waals surface area contributed by atoms with Crippen LogP contribution in [0.5, 0.6) is 0 Å². The van der Waals surface area contributed by atoms with E-state index in [1.807, 2.05) is 29.2 Å². The zero-order chi connectivity index (χ0) is 24.1. The standard InChI is InChI=1S/C28H34N2O3S/c1-19(20-12-14-24-21(18-20)7-5-11-27(32)29-24)17-22(31)13-15-28(33)30-16-6-9-25(30)23-8-3-4-10-26(23)34-2/h3-4,8,10,12,14,18-19,25H,5-7,9,11,13,15-17H2,1-2H3,(H,29,32)/t19?,25-/m1/s1. The van der Waals surface area contributed by atoms with Crippen molar-refractivity contribution in [2.45, 2.75) is 75.1 Å². The van der Waals surface area contributed by atoms with Crippen molar-refractivity contribution in [2.24, 2.45) is 0 Å². The molecule has 1 unspecified atom stereocenters. The van der Waals surface area contributed by atoms with E-state index in [0.29, 0.717) is 12.8 Å². The van der Waals surface area contributed by atoms with Crippen LogP contribution in [0.2, 0.25) is 0 Å². The molecule has 1 saturated heterocycles. The fourth-order valence-corrected chi connectivity index (χ4v) is 5.84. The molecule has 0 spiro atoms. The molecule has 180 valence electrons. The SMILES string of the molecule is CSc1ccccc1[C@H]1CCCN1C(=O)CCC(=O)CC(C)c1ccc2c(c1)CCCC(=O)N2. The number of aryl methyl sites for hydroxylation is 1. The Kier molecular flexibility index (Phi) is 8.09. The number of Topliss-reactive ketones (excluding diaryl/α,β-unsaturated/α-hetero) is 1. The molecule has 0 aliphatic carbocycles. The highest BCUT2D eigenvalue weighted by Gasteiger charge is 2.31. The largest absolute Gasteiger partial charge is 0.336 e. The van der Waals surface area contributed by atoms with Crippen LogP contribution in [0.1, 0.15) is 80.5 Å². The molecule has 0 aromatic heterocycles. The molecule has 2 amide bonds. The van der Waals surface area contributed by atoms with Crippen molar-refractivity contribution in [2.75, 3.05) is 18.1 Å². The fourth-order valence-electron chi connectivity index (χ4n) is 5.18. The Balaban J connectivity index is 1.32. The first kappa shape index (κ1) is 24.5. The smallest absolute Gasteiger partial charge is 0.224 e. The third-order valence-corrected chi connectivity index (χ3v) is 7.86. The van der Waals surface area contributed by atoms with Gasteiger partial charge >= 0.3 is 0 Å². The van der Waals surface area contributed by atoms with E-state index in [1.165, 1.54) is 10.5 Å². The maximum absolute atomic E-state index is 13.0. The van der Waals surface area contributed by atoms with Crippen molar-refractivity contribution in [3.8, 4) is 0 Å². The highest BCUT2D eigenvalue weighted by molar-refractivity contribution is 7.98. The van der Waals surface area contributed by atoms with Crippen LogP contribution >= 0.6 is 11.8 Å². The first-order valence-electron chi connectivity index (χ1n) is 12.3. The van der Waals surface area contributed by atoms with Gasteiger partial charge in [-0.05, 0) is 66.7 Å². The third kappa shape index (κ3) is 5.72. The molecule has 2 aromatic rings. The van der Waals surface area contributed by atoms with E-state index < -0.39 is 0 Å². The minimum Gasteiger partial charge on any atom is -0.336 e. The van der Waals surface area contributed by atoms with Crippen LogP contribution in [-0.4, -0.2) is 35.3 Å². The minimum absolute atomic E-state index is 0.0663. The van der Waals surface area contributed by atoms with Crippen LogP contribution in [0.4, 0.5) is 5.69 Å². The number of carbonyl (C=O) groups is 3. The number of thioether (sulfide) groups is 1. The van der Waals surface area contributed by atoms with E-state index in [0.717, 1.165) is 49.0 Å². The van der Waals surface area contributed by atoms with Gasteiger partial charge in [-0.3, -0.25) is 14.4 Å². The number of ketones is 1. The van der Waals surface area contributed by atoms with Gasteiger partial charge in [0.2, 0.25) is 11.8 Å². The van der Waals surface area contributed by atoms with Gasteiger partial charge in [-0.1, -0.05) is 37.3 Å². The van der Waals surface area contributed by atoms with E-state index in [9.17, 15) is 14.4 Å². The van der Waals surface area contributed by atoms with Gasteiger partial charge in [-0.25, -0.2) is 0 Å². The lowest BCUT2D eigenvalue weighted by Crippen LogP contribution is -2.31. The molecule has 0 radical (unpaired) electrons. The predicted octanol–water partition coefficient (Wildman–Crippen LogP) is 5.89. The van der Waals surface area contributed by atoms with E-state index in [1.54, 1.807) is 11.8 Å². The Bertz CT molecular complexity index is 1070. The van der Waals surface area contributed by atoms with Crippen molar-refractivity contribution in [1.82, 2.24) is 4.90 Å². The van der Waals surface area contributed by atoms with Gasteiger partial charge in [0.15, 0.2) is 0 Å². The van der Waals surface area contributed by atoms with Gasteiger partial charge in [0.1, 0.15) is 5.78 Å². The Morgan fingerprint density at radius 3 is 2.76 bits per heavy atom. The average Bonchev–Trinajstić information content (AvgIpc) is 3.25. The van der Waals surface area contributed by atoms with Gasteiger partial charge in [0, 0.05) is 42.8 Å². The lowest BCUT2D eigenvalue weighted by molar-refractivity contribution is -0.134. The lowest BCUT2D eigenvalue weighted by Gasteiger charge is -2.26. The predicted molar refractivity (Wildman–Crippen MR) is 137 cm³/mol. The number of benzene rings is 2. The summed E-state index contributed by atoms with van der Waals surface area (Å²) in [5.41, 5.74) is 4.37. The summed E-state index contributed by atoms with van der Waals surface area (Å²) >= 11 is 1.72. The molecule has 0 saturated carbocycles. The number of anilines is 1. The number of likely N-dealkylation sites (tertiary alicyclic amines) is 1.